The molecule has 0 N–H and O–H groups in total. The smallest absolute Gasteiger partial charge is 0.0328 e. The second-order valence-corrected chi connectivity index (χ2v) is 7.17. The van der Waals surface area contributed by atoms with E-state index in [0.717, 1.165) is 11.3 Å². The molecule has 0 heteroatoms. The summed E-state index contributed by atoms with van der Waals surface area (Å²) in [5.74, 6) is 0.884. The molecule has 132 valence electrons. The fraction of sp³-hybridized carbons (Fsp3) is 1.00. The average molecular weight is 301 g/mol. The molecule has 1 aliphatic rings. The summed E-state index contributed by atoms with van der Waals surface area (Å²) in [5.41, 5.74) is 0.792. The average Bonchev–Trinajstić information content (AvgIpc) is 3.25. The molecule has 0 saturated heterocycles. The molecule has 0 radical (unpaired) electrons. The molecule has 1 aliphatic carbocycles. The van der Waals surface area contributed by atoms with Crippen LogP contribution in [0.25, 0.3) is 0 Å². The standard InChI is InChI=1S/C6H12.C6H14.C5H12.C4H10/c1-3-6(2)4-5-6;1-3-5-6-4-2;1-4-5(2)3;1-3-4-2/h3-5H2,1-2H3;3-6H2,1-2H3;5H,4H2,1-3H3;3-4H2,1-2H3. The molecule has 1 rings (SSSR count). The van der Waals surface area contributed by atoms with Crippen LogP contribution < -0.4 is 0 Å². The van der Waals surface area contributed by atoms with E-state index in [9.17, 15) is 0 Å². The lowest BCUT2D eigenvalue weighted by Crippen LogP contribution is -1.84. The molecule has 0 aromatic heterocycles. The Labute approximate surface area is 138 Å². The van der Waals surface area contributed by atoms with Crippen molar-refractivity contribution in [3.05, 3.63) is 0 Å². The van der Waals surface area contributed by atoms with Crippen LogP contribution in [0.1, 0.15) is 127 Å². The molecule has 21 heavy (non-hydrogen) atoms. The predicted octanol–water partition coefficient (Wildman–Crippen LogP) is 8.64. The molecule has 0 amide bonds. The third kappa shape index (κ3) is 33.1. The Kier molecular flexibility index (Phi) is 24.7. The third-order valence-corrected chi connectivity index (χ3v) is 4.23. The minimum absolute atomic E-state index is 0.792. The summed E-state index contributed by atoms with van der Waals surface area (Å²) in [6.07, 6.45) is 13.8. The largest absolute Gasteiger partial charge is 0.0654 e. The first-order chi connectivity index (χ1) is 9.87. The first kappa shape index (κ1) is 25.9. The van der Waals surface area contributed by atoms with E-state index >= 15 is 0 Å². The van der Waals surface area contributed by atoms with Crippen LogP contribution >= 0.6 is 0 Å². The van der Waals surface area contributed by atoms with Gasteiger partial charge in [-0.1, -0.05) is 114 Å². The highest BCUT2D eigenvalue weighted by atomic mass is 14.4. The van der Waals surface area contributed by atoms with Crippen molar-refractivity contribution >= 4 is 0 Å². The van der Waals surface area contributed by atoms with Gasteiger partial charge in [0.1, 0.15) is 0 Å². The minimum atomic E-state index is 0.792. The van der Waals surface area contributed by atoms with E-state index in [4.69, 9.17) is 0 Å². The minimum Gasteiger partial charge on any atom is -0.0654 e. The van der Waals surface area contributed by atoms with E-state index < -0.39 is 0 Å². The van der Waals surface area contributed by atoms with Crippen molar-refractivity contribution in [3.63, 3.8) is 0 Å². The molecule has 1 fully saturated rings. The van der Waals surface area contributed by atoms with Crippen LogP contribution in [0.15, 0.2) is 0 Å². The third-order valence-electron chi connectivity index (χ3n) is 4.23. The van der Waals surface area contributed by atoms with Gasteiger partial charge in [0.15, 0.2) is 0 Å². The Hall–Kier alpha value is 0. The highest BCUT2D eigenvalue weighted by Crippen LogP contribution is 2.47. The molecule has 0 bridgehead atoms. The molecule has 1 saturated carbocycles. The summed E-state index contributed by atoms with van der Waals surface area (Å²) in [7, 11) is 0. The molecular weight excluding hydrogens is 252 g/mol. The SMILES string of the molecule is CCC(C)C.CCC1(C)CC1.CCCC.CCCCCC. The van der Waals surface area contributed by atoms with Crippen LogP contribution in [0.2, 0.25) is 0 Å². The Morgan fingerprint density at radius 1 is 0.714 bits per heavy atom. The van der Waals surface area contributed by atoms with E-state index in [1.54, 1.807) is 0 Å². The van der Waals surface area contributed by atoms with Crippen LogP contribution in [-0.4, -0.2) is 0 Å². The van der Waals surface area contributed by atoms with E-state index in [-0.39, 0.29) is 0 Å². The van der Waals surface area contributed by atoms with Gasteiger partial charge in [0, 0.05) is 0 Å². The zero-order chi connectivity index (χ0) is 17.1. The lowest BCUT2D eigenvalue weighted by atomic mass is 10.1. The molecule has 0 heterocycles. The lowest BCUT2D eigenvalue weighted by Gasteiger charge is -1.96. The summed E-state index contributed by atoms with van der Waals surface area (Å²) >= 11 is 0. The van der Waals surface area contributed by atoms with E-state index in [1.807, 2.05) is 0 Å². The zero-order valence-corrected chi connectivity index (χ0v) is 17.1. The van der Waals surface area contributed by atoms with Gasteiger partial charge in [-0.2, -0.15) is 0 Å². The molecule has 0 atom stereocenters. The van der Waals surface area contributed by atoms with Crippen molar-refractivity contribution in [1.29, 1.82) is 0 Å². The molecule has 0 aromatic carbocycles. The Morgan fingerprint density at radius 3 is 1.10 bits per heavy atom. The van der Waals surface area contributed by atoms with Gasteiger partial charge < -0.3 is 0 Å². The number of hydrogen-bond donors (Lipinski definition) is 0. The molecule has 0 spiro atoms. The normalized spacial score (nSPS) is 14.0. The van der Waals surface area contributed by atoms with Gasteiger partial charge in [-0.15, -0.1) is 0 Å². The quantitative estimate of drug-likeness (QED) is 0.430. The summed E-state index contributed by atoms with van der Waals surface area (Å²) in [6.45, 7) is 20.1. The molecular formula is C21H48. The number of hydrogen-bond acceptors (Lipinski definition) is 0. The second-order valence-electron chi connectivity index (χ2n) is 7.17. The van der Waals surface area contributed by atoms with Crippen LogP contribution in [0.5, 0.6) is 0 Å². The summed E-state index contributed by atoms with van der Waals surface area (Å²) in [4.78, 5) is 0. The highest BCUT2D eigenvalue weighted by molar-refractivity contribution is 4.86. The topological polar surface area (TPSA) is 0 Å². The maximum atomic E-state index is 2.35. The summed E-state index contributed by atoms with van der Waals surface area (Å²) in [6, 6.07) is 0. The van der Waals surface area contributed by atoms with Crippen molar-refractivity contribution in [2.75, 3.05) is 0 Å². The van der Waals surface area contributed by atoms with Crippen LogP contribution in [0, 0.1) is 11.3 Å². The van der Waals surface area contributed by atoms with Crippen molar-refractivity contribution < 1.29 is 0 Å². The van der Waals surface area contributed by atoms with Gasteiger partial charge >= 0.3 is 0 Å². The van der Waals surface area contributed by atoms with Gasteiger partial charge in [0.2, 0.25) is 0 Å². The Balaban J connectivity index is -0.000000209. The van der Waals surface area contributed by atoms with Gasteiger partial charge in [-0.3, -0.25) is 0 Å². The fourth-order valence-electron chi connectivity index (χ4n) is 1.07. The maximum absolute atomic E-state index is 2.35. The fourth-order valence-corrected chi connectivity index (χ4v) is 1.07. The Morgan fingerprint density at radius 2 is 1.05 bits per heavy atom. The van der Waals surface area contributed by atoms with Crippen LogP contribution in [-0.2, 0) is 0 Å². The second kappa shape index (κ2) is 20.0. The highest BCUT2D eigenvalue weighted by Gasteiger charge is 2.34. The number of rotatable bonds is 6. The van der Waals surface area contributed by atoms with Gasteiger partial charge in [-0.05, 0) is 24.2 Å². The van der Waals surface area contributed by atoms with E-state index in [1.165, 1.54) is 64.2 Å². The summed E-state index contributed by atoms with van der Waals surface area (Å²) in [5, 5.41) is 0. The first-order valence-corrected chi connectivity index (χ1v) is 9.87. The van der Waals surface area contributed by atoms with Crippen molar-refractivity contribution in [2.24, 2.45) is 11.3 Å². The van der Waals surface area contributed by atoms with Crippen molar-refractivity contribution in [3.8, 4) is 0 Å². The number of unbranched alkanes of at least 4 members (excludes halogenated alkanes) is 4. The zero-order valence-electron chi connectivity index (χ0n) is 17.1. The molecule has 0 unspecified atom stereocenters. The van der Waals surface area contributed by atoms with E-state index in [2.05, 4.69) is 62.3 Å². The predicted molar refractivity (Wildman–Crippen MR) is 103 cm³/mol. The van der Waals surface area contributed by atoms with E-state index in [0.29, 0.717) is 0 Å². The van der Waals surface area contributed by atoms with Gasteiger partial charge in [-0.25, -0.2) is 0 Å². The lowest BCUT2D eigenvalue weighted by molar-refractivity contribution is 0.551. The molecule has 0 aromatic rings. The first-order valence-electron chi connectivity index (χ1n) is 9.87. The monoisotopic (exact) mass is 300 g/mol. The molecule has 0 aliphatic heterocycles. The maximum Gasteiger partial charge on any atom is -0.0328 e. The molecule has 0 nitrogen and oxygen atoms in total. The van der Waals surface area contributed by atoms with Crippen molar-refractivity contribution in [2.45, 2.75) is 127 Å². The van der Waals surface area contributed by atoms with Crippen LogP contribution in [0.4, 0.5) is 0 Å². The Bertz CT molecular complexity index is 147. The van der Waals surface area contributed by atoms with Crippen LogP contribution in [0.3, 0.4) is 0 Å². The van der Waals surface area contributed by atoms with Gasteiger partial charge in [0.25, 0.3) is 0 Å². The van der Waals surface area contributed by atoms with Crippen molar-refractivity contribution in [1.82, 2.24) is 0 Å². The van der Waals surface area contributed by atoms with Gasteiger partial charge in [0.05, 0.1) is 0 Å². The summed E-state index contributed by atoms with van der Waals surface area (Å²) < 4.78 is 0.